The highest BCUT2D eigenvalue weighted by Gasteiger charge is 2.40. The van der Waals surface area contributed by atoms with E-state index in [9.17, 15) is 5.11 Å². The molecule has 1 aliphatic rings. The molecule has 0 aromatic heterocycles. The number of benzene rings is 1. The smallest absolute Gasteiger partial charge is 0.124 e. The first kappa shape index (κ1) is 12.2. The summed E-state index contributed by atoms with van der Waals surface area (Å²) in [7, 11) is 3.54. The molecule has 0 saturated heterocycles. The Morgan fingerprint density at radius 2 is 2.35 bits per heavy atom. The zero-order chi connectivity index (χ0) is 12.5. The first-order chi connectivity index (χ1) is 8.15. The molecule has 2 N–H and O–H groups in total. The molecule has 0 unspecified atom stereocenters. The molecule has 4 nitrogen and oxygen atoms in total. The summed E-state index contributed by atoms with van der Waals surface area (Å²) in [5.74, 6) is 1.69. The minimum absolute atomic E-state index is 0.0344. The van der Waals surface area contributed by atoms with Crippen molar-refractivity contribution in [3.63, 3.8) is 0 Å². The molecule has 0 radical (unpaired) electrons. The molecule has 1 aliphatic heterocycles. The van der Waals surface area contributed by atoms with Gasteiger partial charge >= 0.3 is 0 Å². The van der Waals surface area contributed by atoms with E-state index in [1.54, 1.807) is 7.11 Å². The van der Waals surface area contributed by atoms with Crippen LogP contribution >= 0.6 is 0 Å². The third-order valence-corrected chi connectivity index (χ3v) is 3.74. The van der Waals surface area contributed by atoms with Crippen molar-refractivity contribution >= 4 is 0 Å². The molecule has 0 amide bonds. The first-order valence-electron chi connectivity index (χ1n) is 5.76. The summed E-state index contributed by atoms with van der Waals surface area (Å²) in [6, 6.07) is 5.76. The van der Waals surface area contributed by atoms with E-state index >= 15 is 0 Å². The Balaban J connectivity index is 2.50. The second kappa shape index (κ2) is 4.55. The minimum Gasteiger partial charge on any atom is -0.497 e. The monoisotopic (exact) mass is 237 g/mol. The van der Waals surface area contributed by atoms with E-state index in [4.69, 9.17) is 9.47 Å². The number of rotatable bonds is 3. The SMILES string of the molecule is CN[C@@]1(C)c2cc(OC)ccc2OC[C@H]1CO. The number of ether oxygens (including phenoxy) is 2. The summed E-state index contributed by atoms with van der Waals surface area (Å²) in [5, 5.41) is 12.8. The predicted octanol–water partition coefficient (Wildman–Crippen LogP) is 1.13. The molecular weight excluding hydrogens is 218 g/mol. The van der Waals surface area contributed by atoms with Gasteiger partial charge in [0.1, 0.15) is 11.5 Å². The lowest BCUT2D eigenvalue weighted by molar-refractivity contribution is 0.0664. The Kier molecular flexibility index (Phi) is 3.26. The number of hydrogen-bond acceptors (Lipinski definition) is 4. The number of aliphatic hydroxyl groups excluding tert-OH is 1. The van der Waals surface area contributed by atoms with Crippen LogP contribution < -0.4 is 14.8 Å². The maximum Gasteiger partial charge on any atom is 0.124 e. The van der Waals surface area contributed by atoms with Gasteiger partial charge in [-0.3, -0.25) is 0 Å². The van der Waals surface area contributed by atoms with Crippen molar-refractivity contribution in [3.05, 3.63) is 23.8 Å². The van der Waals surface area contributed by atoms with Crippen molar-refractivity contribution in [2.75, 3.05) is 27.4 Å². The van der Waals surface area contributed by atoms with Gasteiger partial charge in [-0.1, -0.05) is 0 Å². The molecule has 0 aliphatic carbocycles. The Morgan fingerprint density at radius 3 is 2.94 bits per heavy atom. The topological polar surface area (TPSA) is 50.7 Å². The largest absolute Gasteiger partial charge is 0.497 e. The van der Waals surface area contributed by atoms with Crippen molar-refractivity contribution < 1.29 is 14.6 Å². The number of aliphatic hydroxyl groups is 1. The van der Waals surface area contributed by atoms with Gasteiger partial charge in [0.05, 0.1) is 25.9 Å². The zero-order valence-corrected chi connectivity index (χ0v) is 10.5. The van der Waals surface area contributed by atoms with Crippen molar-refractivity contribution in [2.45, 2.75) is 12.5 Å². The Morgan fingerprint density at radius 1 is 1.59 bits per heavy atom. The van der Waals surface area contributed by atoms with Crippen LogP contribution in [0.3, 0.4) is 0 Å². The van der Waals surface area contributed by atoms with Gasteiger partial charge in [0.2, 0.25) is 0 Å². The van der Waals surface area contributed by atoms with Crippen LogP contribution in [0.25, 0.3) is 0 Å². The van der Waals surface area contributed by atoms with Gasteiger partial charge in [-0.2, -0.15) is 0 Å². The van der Waals surface area contributed by atoms with Gasteiger partial charge in [-0.15, -0.1) is 0 Å². The van der Waals surface area contributed by atoms with Crippen molar-refractivity contribution in [1.82, 2.24) is 5.32 Å². The molecule has 2 rings (SSSR count). The highest BCUT2D eigenvalue weighted by molar-refractivity contribution is 5.46. The normalized spacial score (nSPS) is 27.2. The summed E-state index contributed by atoms with van der Waals surface area (Å²) in [6.07, 6.45) is 0. The van der Waals surface area contributed by atoms with Crippen molar-refractivity contribution in [1.29, 1.82) is 0 Å². The fraction of sp³-hybridized carbons (Fsp3) is 0.538. The lowest BCUT2D eigenvalue weighted by Crippen LogP contribution is -2.50. The lowest BCUT2D eigenvalue weighted by Gasteiger charge is -2.41. The second-order valence-corrected chi connectivity index (χ2v) is 4.50. The molecule has 94 valence electrons. The summed E-state index contributed by atoms with van der Waals surface area (Å²) < 4.78 is 10.9. The van der Waals surface area contributed by atoms with Gasteiger partial charge in [-0.25, -0.2) is 0 Å². The van der Waals surface area contributed by atoms with E-state index in [2.05, 4.69) is 12.2 Å². The Bertz CT molecular complexity index is 408. The van der Waals surface area contributed by atoms with E-state index in [1.165, 1.54) is 0 Å². The van der Waals surface area contributed by atoms with Crippen LogP contribution in [0.2, 0.25) is 0 Å². The van der Waals surface area contributed by atoms with Gasteiger partial charge < -0.3 is 19.9 Å². The van der Waals surface area contributed by atoms with Crippen LogP contribution in [0, 0.1) is 5.92 Å². The number of nitrogens with one attached hydrogen (secondary N) is 1. The molecule has 4 heteroatoms. The van der Waals surface area contributed by atoms with Crippen molar-refractivity contribution in [2.24, 2.45) is 5.92 Å². The summed E-state index contributed by atoms with van der Waals surface area (Å²) in [6.45, 7) is 2.69. The highest BCUT2D eigenvalue weighted by Crippen LogP contribution is 2.41. The number of methoxy groups -OCH3 is 1. The summed E-state index contributed by atoms with van der Waals surface area (Å²) in [5.41, 5.74) is 0.737. The van der Waals surface area contributed by atoms with E-state index < -0.39 is 0 Å². The highest BCUT2D eigenvalue weighted by atomic mass is 16.5. The molecule has 17 heavy (non-hydrogen) atoms. The van der Waals surface area contributed by atoms with Crippen LogP contribution in [-0.4, -0.2) is 32.5 Å². The molecule has 1 aromatic rings. The van der Waals surface area contributed by atoms with Gasteiger partial charge in [-0.05, 0) is 32.2 Å². The maximum atomic E-state index is 9.46. The molecule has 1 heterocycles. The Labute approximate surface area is 102 Å². The summed E-state index contributed by atoms with van der Waals surface area (Å²) >= 11 is 0. The Hall–Kier alpha value is -1.26. The van der Waals surface area contributed by atoms with Gasteiger partial charge in [0, 0.05) is 11.5 Å². The predicted molar refractivity (Wildman–Crippen MR) is 65.5 cm³/mol. The lowest BCUT2D eigenvalue weighted by atomic mass is 9.78. The fourth-order valence-electron chi connectivity index (χ4n) is 2.32. The van der Waals surface area contributed by atoms with E-state index in [0.29, 0.717) is 6.61 Å². The van der Waals surface area contributed by atoms with Gasteiger partial charge in [0.25, 0.3) is 0 Å². The third kappa shape index (κ3) is 1.87. The molecule has 0 spiro atoms. The third-order valence-electron chi connectivity index (χ3n) is 3.74. The minimum atomic E-state index is -0.295. The quantitative estimate of drug-likeness (QED) is 0.827. The molecule has 0 fully saturated rings. The van der Waals surface area contributed by atoms with Gasteiger partial charge in [0.15, 0.2) is 0 Å². The second-order valence-electron chi connectivity index (χ2n) is 4.50. The van der Waals surface area contributed by atoms with Crippen LogP contribution in [0.5, 0.6) is 11.5 Å². The average molecular weight is 237 g/mol. The fourth-order valence-corrected chi connectivity index (χ4v) is 2.32. The molecule has 1 aromatic carbocycles. The number of hydrogen-bond donors (Lipinski definition) is 2. The maximum absolute atomic E-state index is 9.46. The van der Waals surface area contributed by atoms with Crippen molar-refractivity contribution in [3.8, 4) is 11.5 Å². The first-order valence-corrected chi connectivity index (χ1v) is 5.76. The molecule has 0 bridgehead atoms. The van der Waals surface area contributed by atoms with Crippen LogP contribution in [-0.2, 0) is 5.54 Å². The van der Waals surface area contributed by atoms with E-state index in [1.807, 2.05) is 25.2 Å². The van der Waals surface area contributed by atoms with Crippen LogP contribution in [0.4, 0.5) is 0 Å². The average Bonchev–Trinajstić information content (AvgIpc) is 2.39. The zero-order valence-electron chi connectivity index (χ0n) is 10.5. The van der Waals surface area contributed by atoms with E-state index in [0.717, 1.165) is 17.1 Å². The van der Waals surface area contributed by atoms with E-state index in [-0.39, 0.29) is 18.1 Å². The molecular formula is C13H19NO3. The molecule has 0 saturated carbocycles. The summed E-state index contributed by atoms with van der Waals surface area (Å²) in [4.78, 5) is 0. The number of fused-ring (bicyclic) bond motifs is 1. The van der Waals surface area contributed by atoms with Crippen LogP contribution in [0.15, 0.2) is 18.2 Å². The standard InChI is InChI=1S/C13H19NO3/c1-13(14-2)9(7-15)8-17-12-5-4-10(16-3)6-11(12)13/h4-6,9,14-15H,7-8H2,1-3H3/t9-,13-/m1/s1. The molecule has 2 atom stereocenters. The van der Waals surface area contributed by atoms with Crippen LogP contribution in [0.1, 0.15) is 12.5 Å².